The van der Waals surface area contributed by atoms with Gasteiger partial charge >= 0.3 is 12.0 Å². The van der Waals surface area contributed by atoms with E-state index in [1.807, 2.05) is 0 Å². The Kier molecular flexibility index (Phi) is 8.44. The zero-order valence-electron chi connectivity index (χ0n) is 19.6. The molecule has 0 fully saturated rings. The van der Waals surface area contributed by atoms with Gasteiger partial charge in [0.05, 0.1) is 29.4 Å². The molecule has 1 heterocycles. The van der Waals surface area contributed by atoms with E-state index in [0.717, 1.165) is 0 Å². The Morgan fingerprint density at radius 2 is 2.00 bits per heavy atom. The number of nitrogens with zero attached hydrogens (tertiary/aromatic N) is 3. The van der Waals surface area contributed by atoms with Gasteiger partial charge in [-0.2, -0.15) is 5.10 Å². The van der Waals surface area contributed by atoms with Crippen LogP contribution >= 0.6 is 0 Å². The Labute approximate surface area is 205 Å². The van der Waals surface area contributed by atoms with Crippen molar-refractivity contribution >= 4 is 29.8 Å². The number of non-ortho nitro benzene ring substituents is 1. The van der Waals surface area contributed by atoms with Crippen LogP contribution in [0.1, 0.15) is 37.4 Å². The number of halogens is 1. The smallest absolute Gasteiger partial charge is 0.338 e. The van der Waals surface area contributed by atoms with Gasteiger partial charge in [-0.05, 0) is 37.1 Å². The number of carbonyl (C=O) groups excluding carboxylic acids is 3. The van der Waals surface area contributed by atoms with E-state index in [9.17, 15) is 28.9 Å². The van der Waals surface area contributed by atoms with E-state index in [-0.39, 0.29) is 36.5 Å². The molecule has 1 atom stereocenters. The third-order valence-corrected chi connectivity index (χ3v) is 5.29. The maximum absolute atomic E-state index is 13.0. The van der Waals surface area contributed by atoms with Gasteiger partial charge in [0.25, 0.3) is 5.69 Å². The number of urea groups is 1. The first-order chi connectivity index (χ1) is 17.2. The second-order valence-electron chi connectivity index (χ2n) is 7.73. The fourth-order valence-corrected chi connectivity index (χ4v) is 3.64. The van der Waals surface area contributed by atoms with E-state index < -0.39 is 34.7 Å². The number of benzene rings is 2. The highest BCUT2D eigenvalue weighted by molar-refractivity contribution is 5.95. The fourth-order valence-electron chi connectivity index (χ4n) is 3.64. The first kappa shape index (κ1) is 26.0. The predicted octanol–water partition coefficient (Wildman–Crippen LogP) is 3.18. The van der Waals surface area contributed by atoms with E-state index in [1.54, 1.807) is 13.0 Å². The highest BCUT2D eigenvalue weighted by Crippen LogP contribution is 2.35. The Morgan fingerprint density at radius 1 is 1.28 bits per heavy atom. The minimum atomic E-state index is -1.02. The molecular weight excluding hydrogens is 473 g/mol. The zero-order valence-corrected chi connectivity index (χ0v) is 19.6. The number of hydrogen-bond acceptors (Lipinski definition) is 7. The molecule has 1 aliphatic rings. The highest BCUT2D eigenvalue weighted by Gasteiger charge is 2.39. The van der Waals surface area contributed by atoms with Crippen molar-refractivity contribution in [2.24, 2.45) is 5.10 Å². The Hall–Kier alpha value is -4.61. The van der Waals surface area contributed by atoms with E-state index >= 15 is 0 Å². The third-order valence-electron chi connectivity index (χ3n) is 5.29. The standard InChI is InChI=1S/C24H24FN5O6/c1-3-36-23(32)21-15(2)27-24(33)29(22(21)17-5-4-6-19(13-17)30(34)35)12-11-20(31)28-26-14-16-7-9-18(25)10-8-16/h4-10,13-14,22H,3,11-12H2,1-2H3,(H,27,33)(H,28,31)/b26-14+. The van der Waals surface area contributed by atoms with E-state index in [1.165, 1.54) is 60.5 Å². The predicted molar refractivity (Wildman–Crippen MR) is 127 cm³/mol. The summed E-state index contributed by atoms with van der Waals surface area (Å²) in [5, 5.41) is 17.7. The summed E-state index contributed by atoms with van der Waals surface area (Å²) in [5.74, 6) is -1.62. The SMILES string of the molecule is CCOC(=O)C1=C(C)NC(=O)N(CCC(=O)N/N=C/c2ccc(F)cc2)C1c1cccc([N+](=O)[O-])c1. The van der Waals surface area contributed by atoms with E-state index in [4.69, 9.17) is 4.74 Å². The third kappa shape index (κ3) is 6.29. The second-order valence-corrected chi connectivity index (χ2v) is 7.73. The summed E-state index contributed by atoms with van der Waals surface area (Å²) in [4.78, 5) is 50.0. The molecule has 0 spiro atoms. The van der Waals surface area contributed by atoms with Gasteiger partial charge in [0.2, 0.25) is 5.91 Å². The first-order valence-corrected chi connectivity index (χ1v) is 11.0. The number of nitrogens with one attached hydrogen (secondary N) is 2. The van der Waals surface area contributed by atoms with Crippen LogP contribution < -0.4 is 10.7 Å². The summed E-state index contributed by atoms with van der Waals surface area (Å²) in [6.45, 7) is 3.11. The average Bonchev–Trinajstić information content (AvgIpc) is 2.84. The van der Waals surface area contributed by atoms with E-state index in [2.05, 4.69) is 15.8 Å². The lowest BCUT2D eigenvalue weighted by atomic mass is 9.93. The maximum Gasteiger partial charge on any atom is 0.338 e. The van der Waals surface area contributed by atoms with Crippen LogP contribution in [-0.4, -0.2) is 47.1 Å². The van der Waals surface area contributed by atoms with Crippen LogP contribution in [0, 0.1) is 15.9 Å². The van der Waals surface area contributed by atoms with Crippen LogP contribution in [-0.2, 0) is 14.3 Å². The number of hydrazone groups is 1. The van der Waals surface area contributed by atoms with Crippen molar-refractivity contribution in [1.29, 1.82) is 0 Å². The monoisotopic (exact) mass is 497 g/mol. The molecule has 0 saturated heterocycles. The summed E-state index contributed by atoms with van der Waals surface area (Å²) >= 11 is 0. The fraction of sp³-hybridized carbons (Fsp3) is 0.250. The van der Waals surface area contributed by atoms with Crippen molar-refractivity contribution in [3.8, 4) is 0 Å². The van der Waals surface area contributed by atoms with Gasteiger partial charge in [-0.15, -0.1) is 0 Å². The van der Waals surface area contributed by atoms with Crippen LogP contribution in [0.15, 0.2) is 64.9 Å². The minimum absolute atomic E-state index is 0.0830. The number of nitro groups is 1. The summed E-state index contributed by atoms with van der Waals surface area (Å²) in [6, 6.07) is 9.45. The van der Waals surface area contributed by atoms with Gasteiger partial charge in [0, 0.05) is 30.8 Å². The highest BCUT2D eigenvalue weighted by atomic mass is 19.1. The molecule has 0 aromatic heterocycles. The van der Waals surface area contributed by atoms with E-state index in [0.29, 0.717) is 11.1 Å². The lowest BCUT2D eigenvalue weighted by molar-refractivity contribution is -0.384. The number of esters is 1. The van der Waals surface area contributed by atoms with Gasteiger partial charge < -0.3 is 15.0 Å². The molecule has 0 radical (unpaired) electrons. The van der Waals surface area contributed by atoms with Crippen molar-refractivity contribution in [3.63, 3.8) is 0 Å². The van der Waals surface area contributed by atoms with Gasteiger partial charge in [0.1, 0.15) is 5.82 Å². The Morgan fingerprint density at radius 3 is 2.67 bits per heavy atom. The van der Waals surface area contributed by atoms with Crippen LogP contribution in [0.2, 0.25) is 0 Å². The molecule has 12 heteroatoms. The number of ether oxygens (including phenoxy) is 1. The van der Waals surface area contributed by atoms with Crippen LogP contribution in [0.5, 0.6) is 0 Å². The Bertz CT molecular complexity index is 1230. The average molecular weight is 497 g/mol. The topological polar surface area (TPSA) is 143 Å². The maximum atomic E-state index is 13.0. The van der Waals surface area contributed by atoms with Crippen molar-refractivity contribution in [3.05, 3.63) is 86.9 Å². The number of hydrogen-bond donors (Lipinski definition) is 2. The summed E-state index contributed by atoms with van der Waals surface area (Å²) in [5.41, 5.74) is 3.35. The molecule has 0 bridgehead atoms. The second kappa shape index (κ2) is 11.7. The molecule has 188 valence electrons. The number of nitro benzene ring substituents is 1. The molecular formula is C24H24FN5O6. The van der Waals surface area contributed by atoms with Crippen molar-refractivity contribution < 1.29 is 28.4 Å². The molecule has 3 amide bonds. The molecule has 1 unspecified atom stereocenters. The normalized spacial score (nSPS) is 15.6. The lowest BCUT2D eigenvalue weighted by Crippen LogP contribution is -2.49. The number of rotatable bonds is 9. The summed E-state index contributed by atoms with van der Waals surface area (Å²) in [6.07, 6.45) is 1.15. The van der Waals surface area contributed by atoms with Crippen molar-refractivity contribution in [2.45, 2.75) is 26.3 Å². The Balaban J connectivity index is 1.83. The number of allylic oxidation sites excluding steroid dienone is 1. The zero-order chi connectivity index (χ0) is 26.2. The van der Waals surface area contributed by atoms with Crippen molar-refractivity contribution in [1.82, 2.24) is 15.6 Å². The number of carbonyl (C=O) groups is 3. The molecule has 0 saturated carbocycles. The molecule has 0 aliphatic carbocycles. The van der Waals surface area contributed by atoms with Gasteiger partial charge in [0.15, 0.2) is 0 Å². The lowest BCUT2D eigenvalue weighted by Gasteiger charge is -2.37. The summed E-state index contributed by atoms with van der Waals surface area (Å²) < 4.78 is 18.2. The van der Waals surface area contributed by atoms with Gasteiger partial charge in [-0.3, -0.25) is 14.9 Å². The molecule has 2 N–H and O–H groups in total. The molecule has 3 rings (SSSR count). The summed E-state index contributed by atoms with van der Waals surface area (Å²) in [7, 11) is 0. The first-order valence-electron chi connectivity index (χ1n) is 11.0. The molecule has 11 nitrogen and oxygen atoms in total. The molecule has 2 aromatic carbocycles. The van der Waals surface area contributed by atoms with Crippen molar-refractivity contribution in [2.75, 3.05) is 13.2 Å². The minimum Gasteiger partial charge on any atom is -0.463 e. The molecule has 36 heavy (non-hydrogen) atoms. The molecule has 1 aliphatic heterocycles. The molecule has 2 aromatic rings. The van der Waals surface area contributed by atoms with Gasteiger partial charge in [-0.25, -0.2) is 19.4 Å². The van der Waals surface area contributed by atoms with Gasteiger partial charge in [-0.1, -0.05) is 24.3 Å². The largest absolute Gasteiger partial charge is 0.463 e. The van der Waals surface area contributed by atoms with Crippen LogP contribution in [0.3, 0.4) is 0 Å². The van der Waals surface area contributed by atoms with Crippen LogP contribution in [0.25, 0.3) is 0 Å². The number of amides is 3. The van der Waals surface area contributed by atoms with Crippen LogP contribution in [0.4, 0.5) is 14.9 Å². The quantitative estimate of drug-likeness (QED) is 0.236.